The molecule has 0 saturated carbocycles. The number of anilines is 1. The molecule has 0 aliphatic rings. The summed E-state index contributed by atoms with van der Waals surface area (Å²) in [5.74, 6) is 0.583. The third-order valence-electron chi connectivity index (χ3n) is 4.19. The number of hydrogen-bond donors (Lipinski definition) is 3. The molecule has 0 bridgehead atoms. The van der Waals surface area contributed by atoms with Crippen molar-refractivity contribution in [1.82, 2.24) is 25.3 Å². The van der Waals surface area contributed by atoms with Gasteiger partial charge in [0.25, 0.3) is 5.91 Å². The molecule has 2 aromatic heterocycles. The van der Waals surface area contributed by atoms with Crippen LogP contribution in [0.25, 0.3) is 11.4 Å². The second-order valence-electron chi connectivity index (χ2n) is 6.20. The van der Waals surface area contributed by atoms with E-state index in [4.69, 9.17) is 4.42 Å². The van der Waals surface area contributed by atoms with Gasteiger partial charge in [0.2, 0.25) is 15.8 Å². The monoisotopic (exact) mass is 424 g/mol. The zero-order valence-corrected chi connectivity index (χ0v) is 16.3. The molecule has 4 rings (SSSR count). The SMILES string of the molecule is O=C(Nc1ccc(-c2nn[nH]n2)cc1)c1ccc(S(=O)(=O)NCc2ccco2)cc1. The fourth-order valence-corrected chi connectivity index (χ4v) is 3.63. The summed E-state index contributed by atoms with van der Waals surface area (Å²) in [5, 5.41) is 16.4. The van der Waals surface area contributed by atoms with Crippen LogP contribution in [0.1, 0.15) is 16.1 Å². The maximum Gasteiger partial charge on any atom is 0.255 e. The molecule has 3 N–H and O–H groups in total. The zero-order chi connectivity index (χ0) is 21.0. The van der Waals surface area contributed by atoms with Gasteiger partial charge >= 0.3 is 0 Å². The van der Waals surface area contributed by atoms with Crippen molar-refractivity contribution in [2.24, 2.45) is 0 Å². The van der Waals surface area contributed by atoms with Gasteiger partial charge in [0.05, 0.1) is 17.7 Å². The Balaban J connectivity index is 1.40. The van der Waals surface area contributed by atoms with E-state index in [2.05, 4.69) is 30.7 Å². The molecule has 152 valence electrons. The first-order chi connectivity index (χ1) is 14.5. The summed E-state index contributed by atoms with van der Waals surface area (Å²) in [6.07, 6.45) is 1.47. The Morgan fingerprint density at radius 2 is 1.80 bits per heavy atom. The van der Waals surface area contributed by atoms with Crippen molar-refractivity contribution in [1.29, 1.82) is 0 Å². The molecule has 2 heterocycles. The average molecular weight is 424 g/mol. The normalized spacial score (nSPS) is 11.3. The van der Waals surface area contributed by atoms with Gasteiger partial charge in [0, 0.05) is 16.8 Å². The van der Waals surface area contributed by atoms with Gasteiger partial charge < -0.3 is 9.73 Å². The number of hydrogen-bond acceptors (Lipinski definition) is 7. The molecular weight excluding hydrogens is 408 g/mol. The highest BCUT2D eigenvalue weighted by molar-refractivity contribution is 7.89. The van der Waals surface area contributed by atoms with E-state index in [0.29, 0.717) is 22.8 Å². The summed E-state index contributed by atoms with van der Waals surface area (Å²) >= 11 is 0. The number of carbonyl (C=O) groups excluding carboxylic acids is 1. The molecule has 0 spiro atoms. The lowest BCUT2D eigenvalue weighted by molar-refractivity contribution is 0.102. The number of tetrazole rings is 1. The smallest absolute Gasteiger partial charge is 0.255 e. The maximum atomic E-state index is 12.4. The van der Waals surface area contributed by atoms with Gasteiger partial charge in [0.1, 0.15) is 5.76 Å². The molecule has 0 aliphatic carbocycles. The van der Waals surface area contributed by atoms with Gasteiger partial charge in [-0.2, -0.15) is 5.21 Å². The second kappa shape index (κ2) is 8.27. The summed E-state index contributed by atoms with van der Waals surface area (Å²) in [4.78, 5) is 12.5. The van der Waals surface area contributed by atoms with Gasteiger partial charge in [-0.15, -0.1) is 10.2 Å². The van der Waals surface area contributed by atoms with Crippen LogP contribution in [0.15, 0.2) is 76.2 Å². The molecule has 0 fully saturated rings. The lowest BCUT2D eigenvalue weighted by Gasteiger charge is -2.08. The Hall–Kier alpha value is -3.83. The number of benzene rings is 2. The third kappa shape index (κ3) is 4.42. The van der Waals surface area contributed by atoms with Crippen molar-refractivity contribution in [3.63, 3.8) is 0 Å². The van der Waals surface area contributed by atoms with E-state index in [1.54, 1.807) is 36.4 Å². The first-order valence-electron chi connectivity index (χ1n) is 8.79. The number of aromatic nitrogens is 4. The summed E-state index contributed by atoms with van der Waals surface area (Å²) in [7, 11) is -3.73. The first-order valence-corrected chi connectivity index (χ1v) is 10.3. The molecule has 0 saturated heterocycles. The van der Waals surface area contributed by atoms with E-state index in [1.807, 2.05) is 0 Å². The topological polar surface area (TPSA) is 143 Å². The Morgan fingerprint density at radius 3 is 2.43 bits per heavy atom. The van der Waals surface area contributed by atoms with Crippen molar-refractivity contribution >= 4 is 21.6 Å². The number of furan rings is 1. The highest BCUT2D eigenvalue weighted by atomic mass is 32.2. The van der Waals surface area contributed by atoms with E-state index >= 15 is 0 Å². The van der Waals surface area contributed by atoms with E-state index in [1.165, 1.54) is 30.5 Å². The number of aromatic amines is 1. The van der Waals surface area contributed by atoms with Gasteiger partial charge in [-0.3, -0.25) is 4.79 Å². The van der Waals surface area contributed by atoms with Crippen molar-refractivity contribution in [3.8, 4) is 11.4 Å². The number of H-pyrrole nitrogens is 1. The minimum Gasteiger partial charge on any atom is -0.468 e. The van der Waals surface area contributed by atoms with E-state index in [-0.39, 0.29) is 17.3 Å². The summed E-state index contributed by atoms with van der Waals surface area (Å²) in [6, 6.07) is 15.9. The molecular formula is C19H16N6O4S. The Morgan fingerprint density at radius 1 is 1.03 bits per heavy atom. The van der Waals surface area contributed by atoms with Crippen LogP contribution in [-0.2, 0) is 16.6 Å². The number of nitrogens with zero attached hydrogens (tertiary/aromatic N) is 3. The van der Waals surface area contributed by atoms with Crippen LogP contribution in [0, 0.1) is 0 Å². The van der Waals surface area contributed by atoms with Gasteiger partial charge in [-0.25, -0.2) is 13.1 Å². The standard InChI is InChI=1S/C19H16N6O4S/c26-19(21-15-7-3-13(4-8-15)18-22-24-25-23-18)14-5-9-17(10-6-14)30(27,28)20-12-16-2-1-11-29-16/h1-11,20H,12H2,(H,21,26)(H,22,23,24,25). The summed E-state index contributed by atoms with van der Waals surface area (Å²) in [5.41, 5.74) is 1.64. The van der Waals surface area contributed by atoms with Gasteiger partial charge in [0.15, 0.2) is 0 Å². The third-order valence-corrected chi connectivity index (χ3v) is 5.61. The fourth-order valence-electron chi connectivity index (χ4n) is 2.64. The average Bonchev–Trinajstić information content (AvgIpc) is 3.47. The zero-order valence-electron chi connectivity index (χ0n) is 15.4. The summed E-state index contributed by atoms with van der Waals surface area (Å²) < 4.78 is 32.3. The Bertz CT molecular complexity index is 1220. The van der Waals surface area contributed by atoms with Crippen LogP contribution in [0.4, 0.5) is 5.69 Å². The lowest BCUT2D eigenvalue weighted by Crippen LogP contribution is -2.23. The minimum atomic E-state index is -3.73. The summed E-state index contributed by atoms with van der Waals surface area (Å²) in [6.45, 7) is 0.0391. The quantitative estimate of drug-likeness (QED) is 0.413. The van der Waals surface area contributed by atoms with Crippen LogP contribution < -0.4 is 10.0 Å². The Kier molecular flexibility index (Phi) is 5.37. The lowest BCUT2D eigenvalue weighted by atomic mass is 10.1. The van der Waals surface area contributed by atoms with Gasteiger partial charge in [-0.1, -0.05) is 0 Å². The minimum absolute atomic E-state index is 0.0391. The van der Waals surface area contributed by atoms with Crippen LogP contribution in [0.2, 0.25) is 0 Å². The highest BCUT2D eigenvalue weighted by Crippen LogP contribution is 2.18. The number of rotatable bonds is 7. The number of sulfonamides is 1. The molecule has 0 unspecified atom stereocenters. The Labute approximate surface area is 171 Å². The number of carbonyl (C=O) groups is 1. The molecule has 4 aromatic rings. The number of amides is 1. The van der Waals surface area contributed by atoms with E-state index in [0.717, 1.165) is 5.56 Å². The van der Waals surface area contributed by atoms with Crippen molar-refractivity contribution in [3.05, 3.63) is 78.3 Å². The largest absolute Gasteiger partial charge is 0.468 e. The molecule has 2 aromatic carbocycles. The second-order valence-corrected chi connectivity index (χ2v) is 7.96. The molecule has 30 heavy (non-hydrogen) atoms. The van der Waals surface area contributed by atoms with Crippen molar-refractivity contribution in [2.45, 2.75) is 11.4 Å². The molecule has 1 amide bonds. The molecule has 0 radical (unpaired) electrons. The van der Waals surface area contributed by atoms with Crippen molar-refractivity contribution in [2.75, 3.05) is 5.32 Å². The molecule has 0 aliphatic heterocycles. The predicted molar refractivity (Wildman–Crippen MR) is 107 cm³/mol. The highest BCUT2D eigenvalue weighted by Gasteiger charge is 2.15. The number of nitrogens with one attached hydrogen (secondary N) is 3. The molecule has 0 atom stereocenters. The first kappa shape index (κ1) is 19.5. The van der Waals surface area contributed by atoms with E-state index in [9.17, 15) is 13.2 Å². The fraction of sp³-hybridized carbons (Fsp3) is 0.0526. The van der Waals surface area contributed by atoms with Crippen molar-refractivity contribution < 1.29 is 17.6 Å². The van der Waals surface area contributed by atoms with Crippen LogP contribution in [0.3, 0.4) is 0 Å². The maximum absolute atomic E-state index is 12.4. The van der Waals surface area contributed by atoms with E-state index < -0.39 is 10.0 Å². The van der Waals surface area contributed by atoms with Crippen LogP contribution >= 0.6 is 0 Å². The van der Waals surface area contributed by atoms with Gasteiger partial charge in [-0.05, 0) is 65.9 Å². The predicted octanol–water partition coefficient (Wildman–Crippen LogP) is 2.19. The molecule has 11 heteroatoms. The van der Waals surface area contributed by atoms with Crippen LogP contribution in [0.5, 0.6) is 0 Å². The van der Waals surface area contributed by atoms with Crippen LogP contribution in [-0.4, -0.2) is 34.9 Å². The molecule has 10 nitrogen and oxygen atoms in total.